The summed E-state index contributed by atoms with van der Waals surface area (Å²) in [6, 6.07) is 7.69. The highest BCUT2D eigenvalue weighted by molar-refractivity contribution is 5.77. The molecular formula is C12H9NO2. The number of carbonyl (C=O) groups is 1. The van der Waals surface area contributed by atoms with Gasteiger partial charge in [0.25, 0.3) is 0 Å². The van der Waals surface area contributed by atoms with E-state index < -0.39 is 5.97 Å². The number of nitriles is 1. The van der Waals surface area contributed by atoms with Crippen molar-refractivity contribution in [3.05, 3.63) is 34.9 Å². The molecule has 3 atom stereocenters. The third-order valence-electron chi connectivity index (χ3n) is 3.54. The molecular weight excluding hydrogens is 190 g/mol. The van der Waals surface area contributed by atoms with E-state index in [2.05, 4.69) is 6.07 Å². The van der Waals surface area contributed by atoms with E-state index in [1.54, 1.807) is 6.07 Å². The van der Waals surface area contributed by atoms with E-state index in [4.69, 9.17) is 10.4 Å². The number of carboxylic acid groups (broad SMARTS) is 1. The van der Waals surface area contributed by atoms with Crippen molar-refractivity contribution in [3.63, 3.8) is 0 Å². The Kier molecular flexibility index (Phi) is 1.47. The fourth-order valence-corrected chi connectivity index (χ4v) is 2.82. The van der Waals surface area contributed by atoms with E-state index in [0.29, 0.717) is 5.56 Å². The number of rotatable bonds is 1. The topological polar surface area (TPSA) is 61.1 Å². The highest BCUT2D eigenvalue weighted by Gasteiger charge is 2.59. The number of hydrogen-bond donors (Lipinski definition) is 1. The zero-order valence-corrected chi connectivity index (χ0v) is 7.97. The first kappa shape index (κ1) is 8.49. The van der Waals surface area contributed by atoms with Gasteiger partial charge in [-0.3, -0.25) is 4.79 Å². The Morgan fingerprint density at radius 1 is 1.53 bits per heavy atom. The smallest absolute Gasteiger partial charge is 0.307 e. The van der Waals surface area contributed by atoms with Gasteiger partial charge in [-0.2, -0.15) is 5.26 Å². The van der Waals surface area contributed by atoms with Gasteiger partial charge in [-0.05, 0) is 35.6 Å². The molecule has 1 aromatic rings. The van der Waals surface area contributed by atoms with Crippen molar-refractivity contribution in [2.75, 3.05) is 0 Å². The molecule has 1 fully saturated rings. The normalized spacial score (nSPS) is 30.2. The second-order valence-corrected chi connectivity index (χ2v) is 4.28. The number of fused-ring (bicyclic) bond motifs is 3. The van der Waals surface area contributed by atoms with Crippen LogP contribution in [0.4, 0.5) is 0 Å². The van der Waals surface area contributed by atoms with Crippen LogP contribution in [-0.2, 0) is 11.2 Å². The summed E-state index contributed by atoms with van der Waals surface area (Å²) in [4.78, 5) is 10.9. The molecule has 0 bridgehead atoms. The molecule has 0 aliphatic heterocycles. The van der Waals surface area contributed by atoms with Crippen LogP contribution in [0.3, 0.4) is 0 Å². The van der Waals surface area contributed by atoms with Gasteiger partial charge in [0, 0.05) is 5.92 Å². The van der Waals surface area contributed by atoms with Crippen LogP contribution in [0.1, 0.15) is 22.6 Å². The monoisotopic (exact) mass is 199 g/mol. The highest BCUT2D eigenvalue weighted by Crippen LogP contribution is 2.61. The molecule has 2 aliphatic carbocycles. The Morgan fingerprint density at radius 2 is 2.33 bits per heavy atom. The lowest BCUT2D eigenvalue weighted by molar-refractivity contribution is -0.139. The zero-order chi connectivity index (χ0) is 10.6. The van der Waals surface area contributed by atoms with E-state index in [0.717, 1.165) is 12.0 Å². The Hall–Kier alpha value is -1.82. The second kappa shape index (κ2) is 2.60. The van der Waals surface area contributed by atoms with E-state index in [9.17, 15) is 4.79 Å². The molecule has 1 saturated carbocycles. The van der Waals surface area contributed by atoms with Crippen molar-refractivity contribution >= 4 is 5.97 Å². The summed E-state index contributed by atoms with van der Waals surface area (Å²) < 4.78 is 0. The molecule has 1 N–H and O–H groups in total. The largest absolute Gasteiger partial charge is 0.481 e. The first-order valence-electron chi connectivity index (χ1n) is 4.98. The molecule has 15 heavy (non-hydrogen) atoms. The van der Waals surface area contributed by atoms with Crippen LogP contribution >= 0.6 is 0 Å². The van der Waals surface area contributed by atoms with Gasteiger partial charge < -0.3 is 5.11 Å². The second-order valence-electron chi connectivity index (χ2n) is 4.28. The summed E-state index contributed by atoms with van der Waals surface area (Å²) in [6.07, 6.45) is 0.826. The summed E-state index contributed by atoms with van der Waals surface area (Å²) in [5.41, 5.74) is 2.98. The van der Waals surface area contributed by atoms with Gasteiger partial charge >= 0.3 is 5.97 Å². The molecule has 0 spiro atoms. The van der Waals surface area contributed by atoms with Crippen molar-refractivity contribution in [1.82, 2.24) is 0 Å². The third kappa shape index (κ3) is 1.02. The standard InChI is InChI=1S/C12H9NO2/c13-5-6-1-2-8-7(3-6)4-9-10(8)11(9)12(14)15/h1-3,9-11H,4H2,(H,14,15)/t9-,10+,11-/m1/s1. The summed E-state index contributed by atoms with van der Waals surface area (Å²) >= 11 is 0. The van der Waals surface area contributed by atoms with Gasteiger partial charge in [0.1, 0.15) is 0 Å². The van der Waals surface area contributed by atoms with E-state index in [1.165, 1.54) is 5.56 Å². The molecule has 0 aromatic heterocycles. The summed E-state index contributed by atoms with van der Waals surface area (Å²) in [5, 5.41) is 17.7. The maximum absolute atomic E-state index is 10.9. The number of carboxylic acids is 1. The van der Waals surface area contributed by atoms with Crippen LogP contribution in [0.2, 0.25) is 0 Å². The van der Waals surface area contributed by atoms with Gasteiger partial charge in [-0.25, -0.2) is 0 Å². The lowest BCUT2D eigenvalue weighted by atomic mass is 10.00. The van der Waals surface area contributed by atoms with Gasteiger partial charge in [-0.1, -0.05) is 6.07 Å². The number of hydrogen-bond acceptors (Lipinski definition) is 2. The maximum Gasteiger partial charge on any atom is 0.307 e. The Bertz CT molecular complexity index is 501. The SMILES string of the molecule is N#Cc1ccc2c(c1)C[C@H]1[C@@H](C(=O)O)[C@@H]21. The minimum absolute atomic E-state index is 0.176. The van der Waals surface area contributed by atoms with Crippen LogP contribution in [0.15, 0.2) is 18.2 Å². The summed E-state index contributed by atoms with van der Waals surface area (Å²) in [6.45, 7) is 0. The van der Waals surface area contributed by atoms with Gasteiger partial charge in [0.2, 0.25) is 0 Å². The molecule has 0 amide bonds. The maximum atomic E-state index is 10.9. The van der Waals surface area contributed by atoms with Crippen molar-refractivity contribution in [2.45, 2.75) is 12.3 Å². The first-order valence-corrected chi connectivity index (χ1v) is 4.98. The Labute approximate surface area is 87.0 Å². The van der Waals surface area contributed by atoms with Crippen molar-refractivity contribution in [3.8, 4) is 6.07 Å². The third-order valence-corrected chi connectivity index (χ3v) is 3.54. The van der Waals surface area contributed by atoms with Crippen molar-refractivity contribution in [1.29, 1.82) is 5.26 Å². The highest BCUT2D eigenvalue weighted by atomic mass is 16.4. The molecule has 3 rings (SSSR count). The minimum atomic E-state index is -0.681. The predicted octanol–water partition coefficient (Wildman–Crippen LogP) is 1.53. The predicted molar refractivity (Wildman–Crippen MR) is 52.2 cm³/mol. The molecule has 2 aliphatic rings. The molecule has 0 unspecified atom stereocenters. The average Bonchev–Trinajstić information content (AvgIpc) is 2.82. The fraction of sp³-hybridized carbons (Fsp3) is 0.333. The fourth-order valence-electron chi connectivity index (χ4n) is 2.82. The van der Waals surface area contributed by atoms with Crippen molar-refractivity contribution < 1.29 is 9.90 Å². The van der Waals surface area contributed by atoms with Crippen LogP contribution < -0.4 is 0 Å². The van der Waals surface area contributed by atoms with Crippen LogP contribution in [0, 0.1) is 23.2 Å². The molecule has 0 saturated heterocycles. The lowest BCUT2D eigenvalue weighted by Gasteiger charge is -2.04. The minimum Gasteiger partial charge on any atom is -0.481 e. The first-order chi connectivity index (χ1) is 7.22. The molecule has 3 nitrogen and oxygen atoms in total. The quantitative estimate of drug-likeness (QED) is 0.746. The average molecular weight is 199 g/mol. The molecule has 1 aromatic carbocycles. The van der Waals surface area contributed by atoms with Crippen LogP contribution in [-0.4, -0.2) is 11.1 Å². The lowest BCUT2D eigenvalue weighted by Crippen LogP contribution is -2.05. The van der Waals surface area contributed by atoms with Gasteiger partial charge in [-0.15, -0.1) is 0 Å². The Morgan fingerprint density at radius 3 is 3.00 bits per heavy atom. The summed E-state index contributed by atoms with van der Waals surface area (Å²) in [7, 11) is 0. The van der Waals surface area contributed by atoms with Crippen LogP contribution in [0.5, 0.6) is 0 Å². The zero-order valence-electron chi connectivity index (χ0n) is 7.97. The number of benzene rings is 1. The van der Waals surface area contributed by atoms with E-state index in [1.807, 2.05) is 12.1 Å². The number of nitrogens with zero attached hydrogens (tertiary/aromatic N) is 1. The molecule has 3 heteroatoms. The molecule has 74 valence electrons. The van der Waals surface area contributed by atoms with Gasteiger partial charge in [0.05, 0.1) is 17.6 Å². The summed E-state index contributed by atoms with van der Waals surface area (Å²) in [5.74, 6) is -0.359. The van der Waals surface area contributed by atoms with Crippen LogP contribution in [0.25, 0.3) is 0 Å². The molecule has 0 radical (unpaired) electrons. The van der Waals surface area contributed by atoms with E-state index >= 15 is 0 Å². The number of aliphatic carboxylic acids is 1. The van der Waals surface area contributed by atoms with Crippen molar-refractivity contribution in [2.24, 2.45) is 11.8 Å². The van der Waals surface area contributed by atoms with Gasteiger partial charge in [0.15, 0.2) is 0 Å². The Balaban J connectivity index is 1.98. The molecule has 0 heterocycles. The van der Waals surface area contributed by atoms with E-state index in [-0.39, 0.29) is 17.8 Å².